The highest BCUT2D eigenvalue weighted by atomic mass is 16.7. The molecule has 1 fully saturated rings. The number of oxime groups is 1. The van der Waals surface area contributed by atoms with E-state index in [4.69, 9.17) is 33.7 Å². The fourth-order valence-electron chi connectivity index (χ4n) is 9.83. The number of aliphatic hydroxyl groups is 3. The maximum absolute atomic E-state index is 14.9. The zero-order valence-corrected chi connectivity index (χ0v) is 38.5. The van der Waals surface area contributed by atoms with Crippen LogP contribution in [0.3, 0.4) is 0 Å². The van der Waals surface area contributed by atoms with E-state index in [1.807, 2.05) is 73.7 Å². The molecule has 2 heterocycles. The molecule has 1 amide bonds. The number of hydrogen-bond acceptors (Lipinski definition) is 14. The molecule has 2 aliphatic carbocycles. The van der Waals surface area contributed by atoms with Crippen molar-refractivity contribution in [3.8, 4) is 17.2 Å². The third-order valence-electron chi connectivity index (χ3n) is 12.8. The summed E-state index contributed by atoms with van der Waals surface area (Å²) in [6.45, 7) is 6.24. The SMILES string of the molecule is C=CCOC12Oc3ccc(OCc4cccc(C)n4)cc3C3C(CCCCO)C(CCCCO)C=C(C(=NOCc4ccccc4)CC1N(CCOCCO)C(=O)Oc1ccc([N+](=O)[O-])cc1)C32. The number of aliphatic hydroxyl groups excluding tert-OH is 3. The first-order valence-electron chi connectivity index (χ1n) is 23.4. The van der Waals surface area contributed by atoms with E-state index in [1.165, 1.54) is 29.2 Å². The number of benzene rings is 3. The van der Waals surface area contributed by atoms with Crippen LogP contribution in [0.1, 0.15) is 73.4 Å². The third-order valence-corrected chi connectivity index (χ3v) is 12.8. The smallest absolute Gasteiger partial charge is 0.415 e. The second kappa shape index (κ2) is 24.2. The second-order valence-electron chi connectivity index (χ2n) is 17.2. The minimum absolute atomic E-state index is 0.00152. The fraction of sp³-hybridized carbons (Fsp3) is 0.442. The van der Waals surface area contributed by atoms with Gasteiger partial charge in [0.1, 0.15) is 36.5 Å². The van der Waals surface area contributed by atoms with Gasteiger partial charge in [-0.2, -0.15) is 0 Å². The van der Waals surface area contributed by atoms with Crippen LogP contribution in [-0.2, 0) is 27.5 Å². The molecular weight excluding hydrogens is 873 g/mol. The molecular formula is C52H62N4O12. The summed E-state index contributed by atoms with van der Waals surface area (Å²) in [6.07, 6.45) is 7.39. The van der Waals surface area contributed by atoms with E-state index in [0.29, 0.717) is 30.1 Å². The van der Waals surface area contributed by atoms with Crippen LogP contribution in [0.15, 0.2) is 120 Å². The number of pyridine rings is 1. The van der Waals surface area contributed by atoms with Gasteiger partial charge in [0.2, 0.25) is 5.79 Å². The largest absolute Gasteiger partial charge is 0.487 e. The number of carbonyl (C=O) groups is 1. The van der Waals surface area contributed by atoms with E-state index in [-0.39, 0.29) is 95.0 Å². The molecule has 16 heteroatoms. The van der Waals surface area contributed by atoms with Crippen molar-refractivity contribution in [2.75, 3.05) is 46.2 Å². The van der Waals surface area contributed by atoms with Crippen molar-refractivity contribution in [3.63, 3.8) is 0 Å². The second-order valence-corrected chi connectivity index (χ2v) is 17.2. The van der Waals surface area contributed by atoms with Gasteiger partial charge in [-0.3, -0.25) is 20.0 Å². The molecule has 0 radical (unpaired) electrons. The predicted molar refractivity (Wildman–Crippen MR) is 253 cm³/mol. The van der Waals surface area contributed by atoms with E-state index in [1.54, 1.807) is 6.08 Å². The number of non-ortho nitro benzene ring substituents is 1. The van der Waals surface area contributed by atoms with Crippen LogP contribution in [0, 0.1) is 34.8 Å². The van der Waals surface area contributed by atoms with Gasteiger partial charge in [-0.05, 0) is 98.0 Å². The number of aryl methyl sites for hydroxylation is 1. The number of nitrogens with zero attached hydrogens (tertiary/aromatic N) is 4. The number of fused-ring (bicyclic) bond motifs is 2. The molecule has 3 N–H and O–H groups in total. The molecule has 362 valence electrons. The lowest BCUT2D eigenvalue weighted by Gasteiger charge is -2.59. The molecule has 0 spiro atoms. The van der Waals surface area contributed by atoms with Crippen LogP contribution in [0.4, 0.5) is 10.5 Å². The molecule has 4 aromatic rings. The van der Waals surface area contributed by atoms with Gasteiger partial charge in [-0.15, -0.1) is 6.58 Å². The fourth-order valence-corrected chi connectivity index (χ4v) is 9.83. The highest BCUT2D eigenvalue weighted by molar-refractivity contribution is 6.03. The number of rotatable bonds is 25. The number of unbranched alkanes of at least 4 members (excludes halogenated alkanes) is 2. The summed E-state index contributed by atoms with van der Waals surface area (Å²) in [5.74, 6) is -1.40. The number of aromatic nitrogens is 1. The van der Waals surface area contributed by atoms with Gasteiger partial charge in [0, 0.05) is 55.5 Å². The number of allylic oxidation sites excluding steroid dienone is 1. The van der Waals surface area contributed by atoms with Crippen LogP contribution in [0.2, 0.25) is 0 Å². The zero-order valence-electron chi connectivity index (χ0n) is 38.5. The van der Waals surface area contributed by atoms with Gasteiger partial charge in [-0.1, -0.05) is 66.5 Å². The average molecular weight is 935 g/mol. The molecule has 16 nitrogen and oxygen atoms in total. The van der Waals surface area contributed by atoms with Crippen molar-refractivity contribution < 1.29 is 53.6 Å². The zero-order chi connectivity index (χ0) is 47.9. The molecule has 0 saturated heterocycles. The average Bonchev–Trinajstić information content (AvgIpc) is 3.34. The van der Waals surface area contributed by atoms with Gasteiger partial charge in [0.25, 0.3) is 5.69 Å². The van der Waals surface area contributed by atoms with Gasteiger partial charge < -0.3 is 43.8 Å². The third kappa shape index (κ3) is 11.9. The Bertz CT molecular complexity index is 2360. The van der Waals surface area contributed by atoms with E-state index in [2.05, 4.69) is 17.6 Å². The van der Waals surface area contributed by atoms with E-state index in [0.717, 1.165) is 53.8 Å². The van der Waals surface area contributed by atoms with Crippen molar-refractivity contribution in [1.82, 2.24) is 9.88 Å². The molecule has 1 saturated carbocycles. The van der Waals surface area contributed by atoms with Gasteiger partial charge in [0.05, 0.1) is 48.7 Å². The molecule has 68 heavy (non-hydrogen) atoms. The topological polar surface area (TPSA) is 205 Å². The first-order valence-corrected chi connectivity index (χ1v) is 23.4. The van der Waals surface area contributed by atoms with Crippen molar-refractivity contribution in [3.05, 3.63) is 148 Å². The quantitative estimate of drug-likeness (QED) is 0.0248. The van der Waals surface area contributed by atoms with Crippen molar-refractivity contribution >= 4 is 17.5 Å². The summed E-state index contributed by atoms with van der Waals surface area (Å²) in [5.41, 5.74) is 4.70. The molecule has 3 aromatic carbocycles. The lowest BCUT2D eigenvalue weighted by molar-refractivity contribution is -0.384. The molecule has 0 bridgehead atoms. The highest BCUT2D eigenvalue weighted by Crippen LogP contribution is 2.62. The molecule has 1 aromatic heterocycles. The molecule has 6 atom stereocenters. The maximum atomic E-state index is 14.9. The number of amides is 1. The summed E-state index contributed by atoms with van der Waals surface area (Å²) in [5, 5.41) is 46.0. The van der Waals surface area contributed by atoms with Gasteiger partial charge in [-0.25, -0.2) is 4.79 Å². The first-order chi connectivity index (χ1) is 33.2. The van der Waals surface area contributed by atoms with Crippen LogP contribution in [0.5, 0.6) is 17.2 Å². The Morgan fingerprint density at radius 3 is 2.43 bits per heavy atom. The summed E-state index contributed by atoms with van der Waals surface area (Å²) < 4.78 is 32.6. The lowest BCUT2D eigenvalue weighted by Crippen LogP contribution is -2.70. The van der Waals surface area contributed by atoms with Crippen LogP contribution < -0.4 is 14.2 Å². The molecule has 7 rings (SSSR count). The van der Waals surface area contributed by atoms with Gasteiger partial charge >= 0.3 is 6.09 Å². The number of ether oxygens (including phenoxy) is 5. The van der Waals surface area contributed by atoms with E-state index < -0.39 is 28.8 Å². The number of carbonyl (C=O) groups excluding carboxylic acids is 1. The number of nitro benzene ring substituents is 1. The van der Waals surface area contributed by atoms with Crippen LogP contribution >= 0.6 is 0 Å². The monoisotopic (exact) mass is 934 g/mol. The molecule has 1 aliphatic heterocycles. The number of hydrogen-bond donors (Lipinski definition) is 3. The Labute approximate surface area is 396 Å². The normalized spacial score (nSPS) is 22.0. The first kappa shape index (κ1) is 49.7. The Hall–Kier alpha value is -6.17. The Balaban J connectivity index is 1.41. The summed E-state index contributed by atoms with van der Waals surface area (Å²) in [7, 11) is 0. The van der Waals surface area contributed by atoms with E-state index >= 15 is 0 Å². The van der Waals surface area contributed by atoms with Crippen LogP contribution in [-0.4, -0.2) is 99.9 Å². The minimum atomic E-state index is -1.61. The highest BCUT2D eigenvalue weighted by Gasteiger charge is 2.65. The lowest BCUT2D eigenvalue weighted by atomic mass is 9.55. The maximum Gasteiger partial charge on any atom is 0.415 e. The molecule has 6 unspecified atom stereocenters. The Morgan fingerprint density at radius 2 is 1.71 bits per heavy atom. The van der Waals surface area contributed by atoms with Crippen molar-refractivity contribution in [1.29, 1.82) is 0 Å². The van der Waals surface area contributed by atoms with E-state index in [9.17, 15) is 30.2 Å². The number of nitro groups is 1. The van der Waals surface area contributed by atoms with Gasteiger partial charge in [0.15, 0.2) is 0 Å². The summed E-state index contributed by atoms with van der Waals surface area (Å²) >= 11 is 0. The Morgan fingerprint density at radius 1 is 0.941 bits per heavy atom. The van der Waals surface area contributed by atoms with Crippen molar-refractivity contribution in [2.24, 2.45) is 22.9 Å². The summed E-state index contributed by atoms with van der Waals surface area (Å²) in [4.78, 5) is 38.2. The van der Waals surface area contributed by atoms with Crippen molar-refractivity contribution in [2.45, 2.75) is 82.8 Å². The summed E-state index contributed by atoms with van der Waals surface area (Å²) in [6, 6.07) is 25.5. The predicted octanol–water partition coefficient (Wildman–Crippen LogP) is 8.22. The van der Waals surface area contributed by atoms with Crippen LogP contribution in [0.25, 0.3) is 0 Å². The standard InChI is InChI=1S/C52H62N4O12/c1-3-28-65-52-48(55(24-29-63-30-27-59)51(60)67-41-20-18-40(19-21-41)56(61)62)33-46(54-66-34-37-13-5-4-6-14-37)44-31-38(15-7-9-25-57)43(17-8-10-26-58)49(50(44)52)45-32-42(22-23-47(45)68-52)64-35-39-16-11-12-36(2)53-39/h3-6,11-14,16,18-23,31-32,38,43,48-50,57-59H,1,7-10,15,17,24-30,33-35H2,2H3. The minimum Gasteiger partial charge on any atom is -0.487 e. The Kier molecular flexibility index (Phi) is 17.7. The molecule has 3 aliphatic rings.